The molecule has 3 nitrogen and oxygen atoms in total. The maximum Gasteiger partial charge on any atom is 0.195 e. The Morgan fingerprint density at radius 2 is 1.39 bits per heavy atom. The molecule has 0 unspecified atom stereocenters. The first kappa shape index (κ1) is 19.1. The van der Waals surface area contributed by atoms with Gasteiger partial charge in [0, 0.05) is 24.2 Å². The highest BCUT2D eigenvalue weighted by Gasteiger charge is 2.15. The molecule has 0 heterocycles. The average molecular weight is 404 g/mol. The predicted octanol–water partition coefficient (Wildman–Crippen LogP) is 6.42. The Morgan fingerprint density at radius 3 is 2.13 bits per heavy atom. The molecule has 0 fully saturated rings. The third-order valence-corrected chi connectivity index (χ3v) is 5.85. The van der Waals surface area contributed by atoms with Gasteiger partial charge in [-0.3, -0.25) is 5.41 Å². The van der Waals surface area contributed by atoms with Crippen molar-refractivity contribution in [2.45, 2.75) is 13.0 Å². The minimum absolute atomic E-state index is 0.423. The summed E-state index contributed by atoms with van der Waals surface area (Å²) in [7, 11) is 0. The number of hydrogen-bond acceptors (Lipinski definition) is 1. The molecule has 2 N–H and O–H groups in total. The van der Waals surface area contributed by atoms with Gasteiger partial charge in [0.15, 0.2) is 5.96 Å². The molecule has 152 valence electrons. The number of rotatable bonds is 6. The average Bonchev–Trinajstić information content (AvgIpc) is 3.24. The molecule has 0 bridgehead atoms. The minimum Gasteiger partial charge on any atom is -0.338 e. The molecule has 31 heavy (non-hydrogen) atoms. The van der Waals surface area contributed by atoms with Crippen LogP contribution in [0.1, 0.15) is 22.3 Å². The van der Waals surface area contributed by atoms with Gasteiger partial charge in [0.2, 0.25) is 0 Å². The molecule has 4 aromatic carbocycles. The molecule has 0 spiro atoms. The summed E-state index contributed by atoms with van der Waals surface area (Å²) in [6.07, 6.45) is 5.22. The van der Waals surface area contributed by atoms with Crippen LogP contribution in [-0.2, 0) is 13.0 Å². The summed E-state index contributed by atoms with van der Waals surface area (Å²) < 4.78 is 0. The number of hydrogen-bond donors (Lipinski definition) is 2. The molecule has 0 aromatic heterocycles. The maximum atomic E-state index is 8.90. The summed E-state index contributed by atoms with van der Waals surface area (Å²) in [4.78, 5) is 2.11. The molecular formula is C28H25N3. The van der Waals surface area contributed by atoms with Gasteiger partial charge in [-0.2, -0.15) is 0 Å². The van der Waals surface area contributed by atoms with Gasteiger partial charge in [-0.1, -0.05) is 97.1 Å². The summed E-state index contributed by atoms with van der Waals surface area (Å²) in [5, 5.41) is 14.7. The Bertz CT molecular complexity index is 1230. The van der Waals surface area contributed by atoms with Crippen LogP contribution in [0.25, 0.3) is 22.9 Å². The van der Waals surface area contributed by atoms with Gasteiger partial charge < -0.3 is 10.2 Å². The predicted molar refractivity (Wildman–Crippen MR) is 131 cm³/mol. The zero-order valence-corrected chi connectivity index (χ0v) is 17.4. The Hall–Kier alpha value is -3.85. The van der Waals surface area contributed by atoms with Crippen molar-refractivity contribution in [1.82, 2.24) is 4.90 Å². The molecule has 0 aliphatic heterocycles. The third-order valence-electron chi connectivity index (χ3n) is 5.85. The van der Waals surface area contributed by atoms with Gasteiger partial charge in [-0.25, -0.2) is 0 Å². The van der Waals surface area contributed by atoms with Crippen molar-refractivity contribution in [1.29, 1.82) is 5.41 Å². The van der Waals surface area contributed by atoms with E-state index in [1.165, 1.54) is 27.6 Å². The van der Waals surface area contributed by atoms with Crippen molar-refractivity contribution in [2.75, 3.05) is 11.9 Å². The van der Waals surface area contributed by atoms with Gasteiger partial charge in [0.05, 0.1) is 0 Å². The first-order valence-corrected chi connectivity index (χ1v) is 10.7. The molecule has 0 atom stereocenters. The second kappa shape index (κ2) is 8.49. The van der Waals surface area contributed by atoms with Crippen LogP contribution in [0.15, 0.2) is 91.0 Å². The summed E-state index contributed by atoms with van der Waals surface area (Å²) in [5.41, 5.74) is 5.95. The molecule has 0 saturated carbocycles. The van der Waals surface area contributed by atoms with E-state index in [-0.39, 0.29) is 0 Å². The van der Waals surface area contributed by atoms with E-state index in [4.69, 9.17) is 5.41 Å². The Kier molecular flexibility index (Phi) is 5.24. The fourth-order valence-corrected chi connectivity index (χ4v) is 4.22. The van der Waals surface area contributed by atoms with Crippen molar-refractivity contribution in [3.05, 3.63) is 113 Å². The summed E-state index contributed by atoms with van der Waals surface area (Å²) >= 11 is 0. The number of anilines is 1. The van der Waals surface area contributed by atoms with Crippen molar-refractivity contribution in [3.63, 3.8) is 0 Å². The summed E-state index contributed by atoms with van der Waals surface area (Å²) in [5.74, 6) is 0.423. The van der Waals surface area contributed by atoms with E-state index in [0.29, 0.717) is 12.5 Å². The highest BCUT2D eigenvalue weighted by Crippen LogP contribution is 2.35. The summed E-state index contributed by atoms with van der Waals surface area (Å²) in [6.45, 7) is 1.47. The molecule has 0 saturated heterocycles. The number of benzene rings is 4. The van der Waals surface area contributed by atoms with Crippen LogP contribution in [0.2, 0.25) is 0 Å². The van der Waals surface area contributed by atoms with Crippen LogP contribution in [-0.4, -0.2) is 17.4 Å². The van der Waals surface area contributed by atoms with Gasteiger partial charge in [0.1, 0.15) is 0 Å². The number of nitrogens with one attached hydrogen (secondary N) is 2. The van der Waals surface area contributed by atoms with E-state index in [2.05, 4.69) is 101 Å². The lowest BCUT2D eigenvalue weighted by molar-refractivity contribution is 0.413. The second-order valence-corrected chi connectivity index (χ2v) is 7.92. The largest absolute Gasteiger partial charge is 0.338 e. The highest BCUT2D eigenvalue weighted by molar-refractivity contribution is 6.11. The van der Waals surface area contributed by atoms with Gasteiger partial charge in [-0.15, -0.1) is 0 Å². The van der Waals surface area contributed by atoms with E-state index in [0.717, 1.165) is 24.0 Å². The van der Waals surface area contributed by atoms with Crippen LogP contribution < -0.4 is 5.32 Å². The lowest BCUT2D eigenvalue weighted by atomic mass is 10.0. The van der Waals surface area contributed by atoms with Crippen LogP contribution in [0.4, 0.5) is 5.69 Å². The molecule has 3 heteroatoms. The van der Waals surface area contributed by atoms with Crippen molar-refractivity contribution in [2.24, 2.45) is 0 Å². The van der Waals surface area contributed by atoms with Crippen molar-refractivity contribution >= 4 is 34.6 Å². The quantitative estimate of drug-likeness (QED) is 0.254. The van der Waals surface area contributed by atoms with Crippen LogP contribution in [0, 0.1) is 5.41 Å². The van der Waals surface area contributed by atoms with Crippen LogP contribution in [0.5, 0.6) is 0 Å². The third kappa shape index (κ3) is 4.08. The maximum absolute atomic E-state index is 8.90. The SMILES string of the molecule is N=C(Nc1ccc2c3c(cccc13)C=C2)N(CCc1ccccc1)Cc1ccccc1. The smallest absolute Gasteiger partial charge is 0.195 e. The minimum atomic E-state index is 0.423. The van der Waals surface area contributed by atoms with Crippen molar-refractivity contribution in [3.8, 4) is 0 Å². The van der Waals surface area contributed by atoms with Crippen LogP contribution in [0.3, 0.4) is 0 Å². The Balaban J connectivity index is 1.40. The number of guanidine groups is 1. The van der Waals surface area contributed by atoms with E-state index < -0.39 is 0 Å². The molecule has 1 aliphatic rings. The fraction of sp³-hybridized carbons (Fsp3) is 0.107. The van der Waals surface area contributed by atoms with E-state index >= 15 is 0 Å². The topological polar surface area (TPSA) is 39.1 Å². The Labute approximate surface area is 183 Å². The van der Waals surface area contributed by atoms with Gasteiger partial charge >= 0.3 is 0 Å². The molecular weight excluding hydrogens is 378 g/mol. The second-order valence-electron chi connectivity index (χ2n) is 7.92. The molecule has 4 aromatic rings. The zero-order valence-electron chi connectivity index (χ0n) is 17.4. The highest BCUT2D eigenvalue weighted by atomic mass is 15.3. The zero-order chi connectivity index (χ0) is 21.0. The number of nitrogens with zero attached hydrogens (tertiary/aromatic N) is 1. The standard InChI is InChI=1S/C28H25N3/c29-28(30-26-17-16-24-15-14-23-12-7-13-25(26)27(23)24)31(20-22-10-5-2-6-11-22)19-18-21-8-3-1-4-9-21/h1-17H,18-20H2,(H2,29,30). The van der Waals surface area contributed by atoms with Crippen LogP contribution >= 0.6 is 0 Å². The summed E-state index contributed by atoms with van der Waals surface area (Å²) in [6, 6.07) is 31.4. The fourth-order valence-electron chi connectivity index (χ4n) is 4.22. The Morgan fingerprint density at radius 1 is 0.710 bits per heavy atom. The van der Waals surface area contributed by atoms with E-state index in [1.54, 1.807) is 0 Å². The van der Waals surface area contributed by atoms with Crippen molar-refractivity contribution < 1.29 is 0 Å². The first-order valence-electron chi connectivity index (χ1n) is 10.7. The van der Waals surface area contributed by atoms with E-state index in [9.17, 15) is 0 Å². The first-order chi connectivity index (χ1) is 15.3. The lowest BCUT2D eigenvalue weighted by Crippen LogP contribution is -2.36. The van der Waals surface area contributed by atoms with E-state index in [1.807, 2.05) is 12.1 Å². The lowest BCUT2D eigenvalue weighted by Gasteiger charge is -2.26. The van der Waals surface area contributed by atoms with Gasteiger partial charge in [0.25, 0.3) is 0 Å². The molecule has 1 aliphatic carbocycles. The molecule has 0 radical (unpaired) electrons. The normalized spacial score (nSPS) is 11.6. The van der Waals surface area contributed by atoms with Gasteiger partial charge in [-0.05, 0) is 40.1 Å². The molecule has 5 rings (SSSR count). The monoisotopic (exact) mass is 403 g/mol. The molecule has 0 amide bonds.